The highest BCUT2D eigenvalue weighted by Crippen LogP contribution is 2.35. The van der Waals surface area contributed by atoms with Crippen molar-refractivity contribution in [2.24, 2.45) is 5.73 Å². The SMILES string of the molecule is NC(c1ccc2c(c1)OCO2)c1ccc(F)cc1F. The van der Waals surface area contributed by atoms with Gasteiger partial charge in [-0.15, -0.1) is 0 Å². The molecule has 1 heterocycles. The minimum atomic E-state index is -0.685. The molecule has 0 saturated heterocycles. The van der Waals surface area contributed by atoms with Crippen LogP contribution in [0, 0.1) is 11.6 Å². The van der Waals surface area contributed by atoms with Gasteiger partial charge in [0.15, 0.2) is 11.5 Å². The van der Waals surface area contributed by atoms with E-state index in [4.69, 9.17) is 15.2 Å². The van der Waals surface area contributed by atoms with Crippen LogP contribution in [0.2, 0.25) is 0 Å². The van der Waals surface area contributed by atoms with Crippen molar-refractivity contribution in [1.29, 1.82) is 0 Å². The molecule has 0 bridgehead atoms. The second-order valence-corrected chi connectivity index (χ2v) is 4.26. The summed E-state index contributed by atoms with van der Waals surface area (Å²) in [4.78, 5) is 0. The molecule has 0 aromatic heterocycles. The van der Waals surface area contributed by atoms with Crippen LogP contribution >= 0.6 is 0 Å². The average molecular weight is 263 g/mol. The summed E-state index contributed by atoms with van der Waals surface area (Å²) in [6.45, 7) is 0.166. The topological polar surface area (TPSA) is 44.5 Å². The van der Waals surface area contributed by atoms with E-state index < -0.39 is 17.7 Å². The second kappa shape index (κ2) is 4.51. The number of rotatable bonds is 2. The molecule has 0 saturated carbocycles. The van der Waals surface area contributed by atoms with Crippen LogP contribution in [-0.2, 0) is 0 Å². The maximum absolute atomic E-state index is 13.7. The van der Waals surface area contributed by atoms with Gasteiger partial charge in [0.1, 0.15) is 11.6 Å². The number of hydrogen-bond acceptors (Lipinski definition) is 3. The normalized spacial score (nSPS) is 14.5. The smallest absolute Gasteiger partial charge is 0.231 e. The lowest BCUT2D eigenvalue weighted by Gasteiger charge is -2.14. The van der Waals surface area contributed by atoms with Crippen molar-refractivity contribution in [1.82, 2.24) is 0 Å². The summed E-state index contributed by atoms with van der Waals surface area (Å²) < 4.78 is 37.0. The first-order chi connectivity index (χ1) is 9.15. The summed E-state index contributed by atoms with van der Waals surface area (Å²) in [6, 6.07) is 7.83. The van der Waals surface area contributed by atoms with E-state index in [-0.39, 0.29) is 12.4 Å². The molecule has 1 unspecified atom stereocenters. The second-order valence-electron chi connectivity index (χ2n) is 4.26. The molecule has 0 aliphatic carbocycles. The summed E-state index contributed by atoms with van der Waals surface area (Å²) >= 11 is 0. The van der Waals surface area contributed by atoms with E-state index in [0.717, 1.165) is 6.07 Å². The van der Waals surface area contributed by atoms with Gasteiger partial charge in [0, 0.05) is 11.6 Å². The van der Waals surface area contributed by atoms with Crippen LogP contribution in [0.15, 0.2) is 36.4 Å². The van der Waals surface area contributed by atoms with Crippen LogP contribution in [0.5, 0.6) is 11.5 Å². The summed E-state index contributed by atoms with van der Waals surface area (Å²) in [5.41, 5.74) is 6.91. The third kappa shape index (κ3) is 2.13. The molecule has 2 N–H and O–H groups in total. The molecule has 0 radical (unpaired) electrons. The van der Waals surface area contributed by atoms with Crippen LogP contribution < -0.4 is 15.2 Å². The lowest BCUT2D eigenvalue weighted by molar-refractivity contribution is 0.174. The van der Waals surface area contributed by atoms with Crippen LogP contribution in [0.25, 0.3) is 0 Å². The summed E-state index contributed by atoms with van der Waals surface area (Å²) in [7, 11) is 0. The minimum Gasteiger partial charge on any atom is -0.454 e. The van der Waals surface area contributed by atoms with Crippen molar-refractivity contribution in [2.45, 2.75) is 6.04 Å². The van der Waals surface area contributed by atoms with Crippen LogP contribution in [0.1, 0.15) is 17.2 Å². The predicted molar refractivity (Wildman–Crippen MR) is 65.0 cm³/mol. The molecule has 3 rings (SSSR count). The van der Waals surface area contributed by atoms with Gasteiger partial charge in [0.2, 0.25) is 6.79 Å². The number of halogens is 2. The molecular formula is C14H11F2NO2. The molecule has 1 atom stereocenters. The molecule has 0 fully saturated rings. The van der Waals surface area contributed by atoms with E-state index in [1.165, 1.54) is 12.1 Å². The van der Waals surface area contributed by atoms with Gasteiger partial charge in [0.05, 0.1) is 6.04 Å². The van der Waals surface area contributed by atoms with E-state index >= 15 is 0 Å². The van der Waals surface area contributed by atoms with Gasteiger partial charge in [-0.25, -0.2) is 8.78 Å². The molecule has 3 nitrogen and oxygen atoms in total. The highest BCUT2D eigenvalue weighted by molar-refractivity contribution is 5.47. The van der Waals surface area contributed by atoms with Gasteiger partial charge in [-0.1, -0.05) is 12.1 Å². The Bertz CT molecular complexity index is 631. The van der Waals surface area contributed by atoms with Crippen molar-refractivity contribution in [3.05, 3.63) is 59.2 Å². The van der Waals surface area contributed by atoms with Crippen LogP contribution in [-0.4, -0.2) is 6.79 Å². The third-order valence-electron chi connectivity index (χ3n) is 3.05. The molecule has 0 spiro atoms. The molecule has 5 heteroatoms. The molecule has 1 aliphatic rings. The first-order valence-corrected chi connectivity index (χ1v) is 5.75. The zero-order valence-electron chi connectivity index (χ0n) is 9.90. The monoisotopic (exact) mass is 263 g/mol. The molecule has 2 aromatic carbocycles. The zero-order valence-corrected chi connectivity index (χ0v) is 9.90. The number of nitrogens with two attached hydrogens (primary N) is 1. The largest absolute Gasteiger partial charge is 0.454 e. The lowest BCUT2D eigenvalue weighted by atomic mass is 9.98. The van der Waals surface area contributed by atoms with Crippen molar-refractivity contribution >= 4 is 0 Å². The van der Waals surface area contributed by atoms with E-state index in [9.17, 15) is 8.78 Å². The summed E-state index contributed by atoms with van der Waals surface area (Å²) in [5.74, 6) is -0.0738. The minimum absolute atomic E-state index is 0.166. The van der Waals surface area contributed by atoms with E-state index in [1.54, 1.807) is 18.2 Å². The fourth-order valence-corrected chi connectivity index (χ4v) is 2.04. The highest BCUT2D eigenvalue weighted by atomic mass is 19.1. The Morgan fingerprint density at radius 2 is 1.79 bits per heavy atom. The summed E-state index contributed by atoms with van der Waals surface area (Å²) in [5, 5.41) is 0. The molecular weight excluding hydrogens is 252 g/mol. The van der Waals surface area contributed by atoms with Gasteiger partial charge in [-0.05, 0) is 23.8 Å². The van der Waals surface area contributed by atoms with Gasteiger partial charge in [-0.3, -0.25) is 0 Å². The van der Waals surface area contributed by atoms with E-state index in [0.29, 0.717) is 17.1 Å². The fraction of sp³-hybridized carbons (Fsp3) is 0.143. The highest BCUT2D eigenvalue weighted by Gasteiger charge is 2.19. The molecule has 1 aliphatic heterocycles. The molecule has 0 amide bonds. The maximum Gasteiger partial charge on any atom is 0.231 e. The Balaban J connectivity index is 1.97. The van der Waals surface area contributed by atoms with Crippen molar-refractivity contribution < 1.29 is 18.3 Å². The Labute approximate surface area is 108 Å². The maximum atomic E-state index is 13.7. The van der Waals surface area contributed by atoms with E-state index in [2.05, 4.69) is 0 Å². The molecule has 2 aromatic rings. The Morgan fingerprint density at radius 1 is 1.00 bits per heavy atom. The lowest BCUT2D eigenvalue weighted by Crippen LogP contribution is -2.13. The van der Waals surface area contributed by atoms with Crippen LogP contribution in [0.4, 0.5) is 8.78 Å². The van der Waals surface area contributed by atoms with Crippen molar-refractivity contribution in [3.8, 4) is 11.5 Å². The standard InChI is InChI=1S/C14H11F2NO2/c15-9-2-3-10(11(16)6-9)14(17)8-1-4-12-13(5-8)19-7-18-12/h1-6,14H,7,17H2. The number of benzene rings is 2. The number of hydrogen-bond donors (Lipinski definition) is 1. The van der Waals surface area contributed by atoms with Crippen molar-refractivity contribution in [2.75, 3.05) is 6.79 Å². The van der Waals surface area contributed by atoms with Gasteiger partial charge in [-0.2, -0.15) is 0 Å². The van der Waals surface area contributed by atoms with E-state index in [1.807, 2.05) is 0 Å². The van der Waals surface area contributed by atoms with Gasteiger partial charge >= 0.3 is 0 Å². The average Bonchev–Trinajstić information content (AvgIpc) is 2.85. The Hall–Kier alpha value is -2.14. The Morgan fingerprint density at radius 3 is 2.58 bits per heavy atom. The summed E-state index contributed by atoms with van der Waals surface area (Å²) in [6.07, 6.45) is 0. The quantitative estimate of drug-likeness (QED) is 0.906. The third-order valence-corrected chi connectivity index (χ3v) is 3.05. The number of fused-ring (bicyclic) bond motifs is 1. The Kier molecular flexibility index (Phi) is 2.83. The first kappa shape index (κ1) is 11.9. The van der Waals surface area contributed by atoms with Gasteiger partial charge < -0.3 is 15.2 Å². The molecule has 19 heavy (non-hydrogen) atoms. The predicted octanol–water partition coefficient (Wildman–Crippen LogP) is 2.74. The van der Waals surface area contributed by atoms with Crippen LogP contribution in [0.3, 0.4) is 0 Å². The first-order valence-electron chi connectivity index (χ1n) is 5.75. The molecule has 98 valence electrons. The zero-order chi connectivity index (χ0) is 13.4. The van der Waals surface area contributed by atoms with Gasteiger partial charge in [0.25, 0.3) is 0 Å². The van der Waals surface area contributed by atoms with Crippen molar-refractivity contribution in [3.63, 3.8) is 0 Å². The fourth-order valence-electron chi connectivity index (χ4n) is 2.04. The number of ether oxygens (including phenoxy) is 2.